The summed E-state index contributed by atoms with van der Waals surface area (Å²) in [6.45, 7) is 1.69. The van der Waals surface area contributed by atoms with E-state index < -0.39 is 23.0 Å². The van der Waals surface area contributed by atoms with Crippen LogP contribution < -0.4 is 0 Å². The van der Waals surface area contributed by atoms with Crippen molar-refractivity contribution in [2.24, 2.45) is 7.05 Å². The molecular formula is C13H11ClF2N2O. The Morgan fingerprint density at radius 2 is 1.95 bits per heavy atom. The van der Waals surface area contributed by atoms with Crippen LogP contribution in [0.4, 0.5) is 8.78 Å². The number of hydrogen-bond acceptors (Lipinski definition) is 2. The van der Waals surface area contributed by atoms with Crippen LogP contribution in [0, 0.1) is 18.6 Å². The molecule has 1 aromatic heterocycles. The zero-order valence-electron chi connectivity index (χ0n) is 10.4. The van der Waals surface area contributed by atoms with Gasteiger partial charge in [-0.25, -0.2) is 8.78 Å². The monoisotopic (exact) mass is 284 g/mol. The van der Waals surface area contributed by atoms with Crippen LogP contribution in [0.25, 0.3) is 0 Å². The number of rotatable bonds is 3. The first-order valence-electron chi connectivity index (χ1n) is 5.57. The van der Waals surface area contributed by atoms with E-state index in [1.807, 2.05) is 0 Å². The highest BCUT2D eigenvalue weighted by Gasteiger charge is 2.21. The van der Waals surface area contributed by atoms with Crippen molar-refractivity contribution in [3.63, 3.8) is 0 Å². The summed E-state index contributed by atoms with van der Waals surface area (Å²) in [5, 5.41) is 4.34. The van der Waals surface area contributed by atoms with Crippen molar-refractivity contribution in [2.45, 2.75) is 13.3 Å². The third kappa shape index (κ3) is 2.51. The standard InChI is InChI=1S/C13H11ClF2N2O/c1-7-8(13(14)18(2)17-7)6-11(19)12-9(15)4-3-5-10(12)16/h3-5H,6H2,1-2H3. The Hall–Kier alpha value is -1.75. The Kier molecular flexibility index (Phi) is 3.66. The van der Waals surface area contributed by atoms with E-state index in [2.05, 4.69) is 5.10 Å². The molecule has 0 N–H and O–H groups in total. The molecule has 6 heteroatoms. The SMILES string of the molecule is Cc1nn(C)c(Cl)c1CC(=O)c1c(F)cccc1F. The van der Waals surface area contributed by atoms with Gasteiger partial charge in [0.15, 0.2) is 5.78 Å². The molecule has 0 fully saturated rings. The van der Waals surface area contributed by atoms with Gasteiger partial charge in [0.25, 0.3) is 0 Å². The Morgan fingerprint density at radius 1 is 1.37 bits per heavy atom. The lowest BCUT2D eigenvalue weighted by molar-refractivity contribution is 0.0984. The van der Waals surface area contributed by atoms with E-state index in [-0.39, 0.29) is 6.42 Å². The Labute approximate surface area is 113 Å². The fourth-order valence-electron chi connectivity index (χ4n) is 1.89. The van der Waals surface area contributed by atoms with Gasteiger partial charge in [-0.1, -0.05) is 17.7 Å². The van der Waals surface area contributed by atoms with Crippen molar-refractivity contribution in [1.29, 1.82) is 0 Å². The Bertz CT molecular complexity index is 632. The molecule has 0 bridgehead atoms. The summed E-state index contributed by atoms with van der Waals surface area (Å²) < 4.78 is 28.4. The van der Waals surface area contributed by atoms with E-state index in [0.717, 1.165) is 12.1 Å². The molecular weight excluding hydrogens is 274 g/mol. The molecule has 0 saturated heterocycles. The summed E-state index contributed by atoms with van der Waals surface area (Å²) in [5.74, 6) is -2.40. The van der Waals surface area contributed by atoms with Gasteiger partial charge in [0.1, 0.15) is 16.8 Å². The molecule has 0 atom stereocenters. The van der Waals surface area contributed by atoms with E-state index in [4.69, 9.17) is 11.6 Å². The fraction of sp³-hybridized carbons (Fsp3) is 0.231. The lowest BCUT2D eigenvalue weighted by Crippen LogP contribution is -2.09. The number of carbonyl (C=O) groups is 1. The van der Waals surface area contributed by atoms with Gasteiger partial charge in [-0.05, 0) is 19.1 Å². The molecule has 0 aliphatic heterocycles. The second-order valence-electron chi connectivity index (χ2n) is 4.17. The first kappa shape index (κ1) is 13.7. The number of carbonyl (C=O) groups excluding carboxylic acids is 1. The number of aryl methyl sites for hydroxylation is 2. The van der Waals surface area contributed by atoms with Gasteiger partial charge in [-0.2, -0.15) is 5.10 Å². The molecule has 2 rings (SSSR count). The number of benzene rings is 1. The second-order valence-corrected chi connectivity index (χ2v) is 4.53. The van der Waals surface area contributed by atoms with Gasteiger partial charge in [-0.15, -0.1) is 0 Å². The first-order valence-corrected chi connectivity index (χ1v) is 5.94. The number of aromatic nitrogens is 2. The van der Waals surface area contributed by atoms with Crippen molar-refractivity contribution in [1.82, 2.24) is 9.78 Å². The molecule has 19 heavy (non-hydrogen) atoms. The third-order valence-corrected chi connectivity index (χ3v) is 3.32. The van der Waals surface area contributed by atoms with Crippen LogP contribution in [-0.2, 0) is 13.5 Å². The number of Topliss-reactive ketones (excluding diaryl/α,β-unsaturated/α-hetero) is 1. The van der Waals surface area contributed by atoms with E-state index >= 15 is 0 Å². The van der Waals surface area contributed by atoms with Crippen LogP contribution in [0.5, 0.6) is 0 Å². The maximum absolute atomic E-state index is 13.5. The average Bonchev–Trinajstić information content (AvgIpc) is 2.56. The van der Waals surface area contributed by atoms with Gasteiger partial charge in [0.05, 0.1) is 11.3 Å². The Balaban J connectivity index is 2.36. The molecule has 0 saturated carbocycles. The maximum Gasteiger partial charge on any atom is 0.173 e. The summed E-state index contributed by atoms with van der Waals surface area (Å²) in [7, 11) is 1.63. The summed E-state index contributed by atoms with van der Waals surface area (Å²) in [4.78, 5) is 12.0. The zero-order valence-corrected chi connectivity index (χ0v) is 11.1. The van der Waals surface area contributed by atoms with Crippen LogP contribution in [0.2, 0.25) is 5.15 Å². The predicted octanol–water partition coefficient (Wildman–Crippen LogP) is 3.09. The quantitative estimate of drug-likeness (QED) is 0.812. The first-order chi connectivity index (χ1) is 8.91. The molecule has 0 radical (unpaired) electrons. The highest BCUT2D eigenvalue weighted by atomic mass is 35.5. The number of ketones is 1. The van der Waals surface area contributed by atoms with E-state index in [9.17, 15) is 13.6 Å². The molecule has 100 valence electrons. The molecule has 0 aliphatic carbocycles. The van der Waals surface area contributed by atoms with Crippen LogP contribution in [0.15, 0.2) is 18.2 Å². The minimum Gasteiger partial charge on any atom is -0.294 e. The van der Waals surface area contributed by atoms with Crippen molar-refractivity contribution in [3.8, 4) is 0 Å². The van der Waals surface area contributed by atoms with Crippen molar-refractivity contribution in [3.05, 3.63) is 51.8 Å². The van der Waals surface area contributed by atoms with Crippen LogP contribution in [-0.4, -0.2) is 15.6 Å². The second kappa shape index (κ2) is 5.09. The van der Waals surface area contributed by atoms with Gasteiger partial charge in [-0.3, -0.25) is 9.48 Å². The third-order valence-electron chi connectivity index (χ3n) is 2.85. The van der Waals surface area contributed by atoms with E-state index in [1.165, 1.54) is 10.7 Å². The fourth-order valence-corrected chi connectivity index (χ4v) is 2.13. The maximum atomic E-state index is 13.5. The number of hydrogen-bond donors (Lipinski definition) is 0. The van der Waals surface area contributed by atoms with Crippen LogP contribution >= 0.6 is 11.6 Å². The summed E-state index contributed by atoms with van der Waals surface area (Å²) in [5.41, 5.74) is 0.510. The highest BCUT2D eigenvalue weighted by Crippen LogP contribution is 2.22. The minimum absolute atomic E-state index is 0.184. The van der Waals surface area contributed by atoms with Crippen molar-refractivity contribution in [2.75, 3.05) is 0 Å². The van der Waals surface area contributed by atoms with Gasteiger partial charge in [0.2, 0.25) is 0 Å². The molecule has 3 nitrogen and oxygen atoms in total. The highest BCUT2D eigenvalue weighted by molar-refractivity contribution is 6.30. The topological polar surface area (TPSA) is 34.9 Å². The molecule has 0 spiro atoms. The smallest absolute Gasteiger partial charge is 0.173 e. The van der Waals surface area contributed by atoms with Crippen molar-refractivity contribution < 1.29 is 13.6 Å². The molecule has 0 aliphatic rings. The zero-order chi connectivity index (χ0) is 14.2. The molecule has 2 aromatic rings. The van der Waals surface area contributed by atoms with E-state index in [1.54, 1.807) is 14.0 Å². The summed E-state index contributed by atoms with van der Waals surface area (Å²) >= 11 is 5.99. The van der Waals surface area contributed by atoms with Gasteiger partial charge < -0.3 is 0 Å². The largest absolute Gasteiger partial charge is 0.294 e. The molecule has 0 unspecified atom stereocenters. The van der Waals surface area contributed by atoms with Crippen LogP contribution in [0.3, 0.4) is 0 Å². The van der Waals surface area contributed by atoms with Gasteiger partial charge >= 0.3 is 0 Å². The minimum atomic E-state index is -0.873. The van der Waals surface area contributed by atoms with Crippen LogP contribution in [0.1, 0.15) is 21.6 Å². The number of halogens is 3. The molecule has 0 amide bonds. The summed E-state index contributed by atoms with van der Waals surface area (Å²) in [6.07, 6.45) is -0.184. The molecule has 1 heterocycles. The van der Waals surface area contributed by atoms with Gasteiger partial charge in [0, 0.05) is 19.0 Å². The predicted molar refractivity (Wildman–Crippen MR) is 67.3 cm³/mol. The summed E-state index contributed by atoms with van der Waals surface area (Å²) in [6, 6.07) is 3.31. The number of nitrogens with zero attached hydrogens (tertiary/aromatic N) is 2. The lowest BCUT2D eigenvalue weighted by atomic mass is 10.0. The Morgan fingerprint density at radius 3 is 2.42 bits per heavy atom. The lowest BCUT2D eigenvalue weighted by Gasteiger charge is -2.04. The average molecular weight is 285 g/mol. The normalized spacial score (nSPS) is 10.8. The van der Waals surface area contributed by atoms with Crippen molar-refractivity contribution >= 4 is 17.4 Å². The molecule has 1 aromatic carbocycles. The van der Waals surface area contributed by atoms with E-state index in [0.29, 0.717) is 16.4 Å².